The molecule has 1 unspecified atom stereocenters. The van der Waals surface area contributed by atoms with Gasteiger partial charge in [0, 0.05) is 19.5 Å². The molecule has 0 bridgehead atoms. The van der Waals surface area contributed by atoms with Crippen LogP contribution < -0.4 is 0 Å². The number of ether oxygens (including phenoxy) is 1. The second kappa shape index (κ2) is 5.81. The van der Waals surface area contributed by atoms with Gasteiger partial charge in [0.1, 0.15) is 0 Å². The molecule has 0 radical (unpaired) electrons. The van der Waals surface area contributed by atoms with Crippen LogP contribution in [-0.2, 0) is 17.7 Å². The Morgan fingerprint density at radius 3 is 3.21 bits per heavy atom. The van der Waals surface area contributed by atoms with E-state index in [4.69, 9.17) is 9.26 Å². The minimum atomic E-state index is 0.164. The molecular formula is C13H17N3O2S. The summed E-state index contributed by atoms with van der Waals surface area (Å²) in [6.07, 6.45) is 0.950. The normalized spacial score (nSPS) is 20.8. The number of hydrogen-bond donors (Lipinski definition) is 0. The molecule has 19 heavy (non-hydrogen) atoms. The fourth-order valence-corrected chi connectivity index (χ4v) is 2.91. The average molecular weight is 279 g/mol. The lowest BCUT2D eigenvalue weighted by Crippen LogP contribution is -2.37. The Bertz CT molecular complexity index is 512. The molecule has 3 heterocycles. The largest absolute Gasteiger partial charge is 0.371 e. The molecule has 1 aliphatic heterocycles. The highest BCUT2D eigenvalue weighted by molar-refractivity contribution is 7.07. The highest BCUT2D eigenvalue weighted by Crippen LogP contribution is 2.24. The molecule has 2 aromatic heterocycles. The summed E-state index contributed by atoms with van der Waals surface area (Å²) in [5, 5.41) is 8.24. The second-order valence-electron chi connectivity index (χ2n) is 4.61. The fourth-order valence-electron chi connectivity index (χ4n) is 2.20. The van der Waals surface area contributed by atoms with Crippen molar-refractivity contribution in [3.63, 3.8) is 0 Å². The Kier molecular flexibility index (Phi) is 3.91. The van der Waals surface area contributed by atoms with Crippen LogP contribution in [0.1, 0.15) is 30.3 Å². The van der Waals surface area contributed by atoms with Crippen molar-refractivity contribution < 1.29 is 9.26 Å². The van der Waals surface area contributed by atoms with Crippen LogP contribution in [0.25, 0.3) is 0 Å². The zero-order valence-electron chi connectivity index (χ0n) is 10.9. The molecular weight excluding hydrogens is 262 g/mol. The Balaban J connectivity index is 1.62. The van der Waals surface area contributed by atoms with Crippen LogP contribution in [0.15, 0.2) is 21.3 Å². The van der Waals surface area contributed by atoms with Crippen LogP contribution >= 0.6 is 11.3 Å². The van der Waals surface area contributed by atoms with E-state index >= 15 is 0 Å². The number of rotatable bonds is 4. The summed E-state index contributed by atoms with van der Waals surface area (Å²) >= 11 is 1.71. The van der Waals surface area contributed by atoms with E-state index in [2.05, 4.69) is 31.9 Å². The average Bonchev–Trinajstić information content (AvgIpc) is 3.10. The number of morpholine rings is 1. The smallest absolute Gasteiger partial charge is 0.226 e. The van der Waals surface area contributed by atoms with Gasteiger partial charge in [0.2, 0.25) is 5.89 Å². The Morgan fingerprint density at radius 1 is 1.53 bits per heavy atom. The third kappa shape index (κ3) is 3.02. The summed E-state index contributed by atoms with van der Waals surface area (Å²) < 4.78 is 11.0. The predicted molar refractivity (Wildman–Crippen MR) is 72.0 cm³/mol. The van der Waals surface area contributed by atoms with Crippen molar-refractivity contribution in [3.05, 3.63) is 34.1 Å². The number of thiophene rings is 1. The molecule has 102 valence electrons. The first-order valence-electron chi connectivity index (χ1n) is 6.52. The first-order chi connectivity index (χ1) is 9.35. The molecule has 1 saturated heterocycles. The van der Waals surface area contributed by atoms with Gasteiger partial charge < -0.3 is 9.26 Å². The van der Waals surface area contributed by atoms with Gasteiger partial charge in [0.25, 0.3) is 0 Å². The summed E-state index contributed by atoms with van der Waals surface area (Å²) in [6.45, 7) is 5.29. The molecule has 0 aromatic carbocycles. The summed E-state index contributed by atoms with van der Waals surface area (Å²) in [5.41, 5.74) is 1.26. The first-order valence-corrected chi connectivity index (χ1v) is 7.47. The summed E-state index contributed by atoms with van der Waals surface area (Å²) in [6, 6.07) is 2.13. The Hall–Kier alpha value is -1.24. The van der Waals surface area contributed by atoms with Crippen molar-refractivity contribution in [3.8, 4) is 0 Å². The van der Waals surface area contributed by atoms with Crippen molar-refractivity contribution in [1.82, 2.24) is 15.0 Å². The van der Waals surface area contributed by atoms with E-state index in [9.17, 15) is 0 Å². The molecule has 6 heteroatoms. The molecule has 2 aromatic rings. The molecule has 1 fully saturated rings. The molecule has 3 rings (SSSR count). The van der Waals surface area contributed by atoms with Crippen LogP contribution in [0, 0.1) is 0 Å². The van der Waals surface area contributed by atoms with E-state index in [1.165, 1.54) is 5.56 Å². The molecule has 0 aliphatic carbocycles. The predicted octanol–water partition coefficient (Wildman–Crippen LogP) is 2.27. The quantitative estimate of drug-likeness (QED) is 0.859. The van der Waals surface area contributed by atoms with Crippen molar-refractivity contribution >= 4 is 11.3 Å². The molecule has 1 aliphatic rings. The number of hydrogen-bond acceptors (Lipinski definition) is 6. The van der Waals surface area contributed by atoms with Crippen LogP contribution in [0.5, 0.6) is 0 Å². The van der Waals surface area contributed by atoms with E-state index in [1.54, 1.807) is 11.3 Å². The maximum Gasteiger partial charge on any atom is 0.226 e. The maximum absolute atomic E-state index is 5.82. The van der Waals surface area contributed by atoms with Gasteiger partial charge in [0.05, 0.1) is 19.3 Å². The Labute approximate surface area is 116 Å². The van der Waals surface area contributed by atoms with E-state index in [0.717, 1.165) is 38.5 Å². The lowest BCUT2D eigenvalue weighted by molar-refractivity contribution is -0.0336. The van der Waals surface area contributed by atoms with Gasteiger partial charge in [-0.3, -0.25) is 4.90 Å². The minimum Gasteiger partial charge on any atom is -0.371 e. The highest BCUT2D eigenvalue weighted by atomic mass is 32.1. The van der Waals surface area contributed by atoms with Crippen molar-refractivity contribution in [2.24, 2.45) is 0 Å². The van der Waals surface area contributed by atoms with Crippen LogP contribution in [0.4, 0.5) is 0 Å². The molecule has 0 N–H and O–H groups in total. The van der Waals surface area contributed by atoms with Crippen molar-refractivity contribution in [2.45, 2.75) is 26.0 Å². The van der Waals surface area contributed by atoms with Crippen molar-refractivity contribution in [2.75, 3.05) is 19.7 Å². The number of aryl methyl sites for hydroxylation is 1. The highest BCUT2D eigenvalue weighted by Gasteiger charge is 2.23. The zero-order valence-corrected chi connectivity index (χ0v) is 11.7. The first kappa shape index (κ1) is 12.8. The molecule has 5 nitrogen and oxygen atoms in total. The van der Waals surface area contributed by atoms with Gasteiger partial charge in [-0.05, 0) is 22.4 Å². The molecule has 0 spiro atoms. The van der Waals surface area contributed by atoms with Crippen LogP contribution in [0.3, 0.4) is 0 Å². The monoisotopic (exact) mass is 279 g/mol. The topological polar surface area (TPSA) is 51.4 Å². The Morgan fingerprint density at radius 2 is 2.47 bits per heavy atom. The van der Waals surface area contributed by atoms with Gasteiger partial charge in [0.15, 0.2) is 5.82 Å². The van der Waals surface area contributed by atoms with Gasteiger partial charge in [-0.1, -0.05) is 12.1 Å². The van der Waals surface area contributed by atoms with E-state index in [1.807, 2.05) is 6.92 Å². The third-order valence-electron chi connectivity index (χ3n) is 3.24. The standard InChI is InChI=1S/C13H17N3O2S/c1-2-13-14-12(15-18-13)8-16-4-5-17-11(7-16)10-3-6-19-9-10/h3,6,9,11H,2,4-5,7-8H2,1H3. The number of aromatic nitrogens is 2. The minimum absolute atomic E-state index is 0.164. The van der Waals surface area contributed by atoms with E-state index in [-0.39, 0.29) is 6.10 Å². The third-order valence-corrected chi connectivity index (χ3v) is 3.94. The van der Waals surface area contributed by atoms with E-state index in [0.29, 0.717) is 5.89 Å². The fraction of sp³-hybridized carbons (Fsp3) is 0.538. The van der Waals surface area contributed by atoms with Gasteiger partial charge in [-0.15, -0.1) is 0 Å². The zero-order chi connectivity index (χ0) is 13.1. The van der Waals surface area contributed by atoms with Gasteiger partial charge in [-0.25, -0.2) is 0 Å². The van der Waals surface area contributed by atoms with E-state index < -0.39 is 0 Å². The molecule has 1 atom stereocenters. The SMILES string of the molecule is CCc1nc(CN2CCOC(c3ccsc3)C2)no1. The number of nitrogens with zero attached hydrogens (tertiary/aromatic N) is 3. The van der Waals surface area contributed by atoms with Gasteiger partial charge >= 0.3 is 0 Å². The summed E-state index contributed by atoms with van der Waals surface area (Å²) in [7, 11) is 0. The van der Waals surface area contributed by atoms with Crippen molar-refractivity contribution in [1.29, 1.82) is 0 Å². The lowest BCUT2D eigenvalue weighted by Gasteiger charge is -2.31. The van der Waals surface area contributed by atoms with Crippen LogP contribution in [-0.4, -0.2) is 34.7 Å². The molecule has 0 saturated carbocycles. The maximum atomic E-state index is 5.82. The lowest BCUT2D eigenvalue weighted by atomic mass is 10.1. The van der Waals surface area contributed by atoms with Gasteiger partial charge in [-0.2, -0.15) is 16.3 Å². The van der Waals surface area contributed by atoms with Crippen LogP contribution in [0.2, 0.25) is 0 Å². The second-order valence-corrected chi connectivity index (χ2v) is 5.39. The summed E-state index contributed by atoms with van der Waals surface area (Å²) in [5.74, 6) is 1.47. The summed E-state index contributed by atoms with van der Waals surface area (Å²) in [4.78, 5) is 6.67. The molecule has 0 amide bonds.